The van der Waals surface area contributed by atoms with Crippen LogP contribution in [0.25, 0.3) is 0 Å². The number of carbonyl (C=O) groups is 1. The maximum Gasteiger partial charge on any atom is 0.401 e. The standard InChI is InChI=1S/C13H16F3NO2/c1-8-4-5-10(6-9(8)2)12(3,11(18)19)17-7-13(14,15)16/h4-6,17H,7H2,1-3H3,(H,18,19). The van der Waals surface area contributed by atoms with Gasteiger partial charge in [0.2, 0.25) is 0 Å². The van der Waals surface area contributed by atoms with Gasteiger partial charge >= 0.3 is 12.1 Å². The summed E-state index contributed by atoms with van der Waals surface area (Å²) in [4.78, 5) is 11.3. The van der Waals surface area contributed by atoms with Gasteiger partial charge in [0, 0.05) is 0 Å². The average Bonchev–Trinajstić information content (AvgIpc) is 2.28. The van der Waals surface area contributed by atoms with Crippen molar-refractivity contribution in [3.8, 4) is 0 Å². The average molecular weight is 275 g/mol. The lowest BCUT2D eigenvalue weighted by molar-refractivity contribution is -0.150. The Balaban J connectivity index is 3.11. The molecule has 0 saturated carbocycles. The largest absolute Gasteiger partial charge is 0.480 e. The van der Waals surface area contributed by atoms with Crippen LogP contribution >= 0.6 is 0 Å². The lowest BCUT2D eigenvalue weighted by Crippen LogP contribution is -2.50. The molecule has 0 aliphatic heterocycles. The molecule has 0 aliphatic rings. The number of halogens is 3. The molecule has 3 nitrogen and oxygen atoms in total. The van der Waals surface area contributed by atoms with E-state index in [-0.39, 0.29) is 0 Å². The van der Waals surface area contributed by atoms with Crippen LogP contribution in [0.3, 0.4) is 0 Å². The van der Waals surface area contributed by atoms with Crippen LogP contribution in [0.5, 0.6) is 0 Å². The molecule has 1 atom stereocenters. The smallest absolute Gasteiger partial charge is 0.401 e. The van der Waals surface area contributed by atoms with Crippen molar-refractivity contribution in [3.05, 3.63) is 34.9 Å². The Hall–Kier alpha value is -1.56. The van der Waals surface area contributed by atoms with Crippen molar-refractivity contribution in [2.75, 3.05) is 6.54 Å². The van der Waals surface area contributed by atoms with Crippen LogP contribution in [0.2, 0.25) is 0 Å². The van der Waals surface area contributed by atoms with E-state index in [4.69, 9.17) is 0 Å². The monoisotopic (exact) mass is 275 g/mol. The highest BCUT2D eigenvalue weighted by atomic mass is 19.4. The Morgan fingerprint density at radius 1 is 1.26 bits per heavy atom. The lowest BCUT2D eigenvalue weighted by atomic mass is 9.89. The molecule has 2 N–H and O–H groups in total. The number of rotatable bonds is 4. The number of benzene rings is 1. The van der Waals surface area contributed by atoms with E-state index in [1.165, 1.54) is 13.0 Å². The minimum atomic E-state index is -4.46. The fourth-order valence-electron chi connectivity index (χ4n) is 1.63. The minimum Gasteiger partial charge on any atom is -0.480 e. The van der Waals surface area contributed by atoms with Gasteiger partial charge in [0.25, 0.3) is 0 Å². The maximum absolute atomic E-state index is 12.3. The number of alkyl halides is 3. The normalized spacial score (nSPS) is 15.1. The maximum atomic E-state index is 12.3. The summed E-state index contributed by atoms with van der Waals surface area (Å²) >= 11 is 0. The Kier molecular flexibility index (Phi) is 4.25. The number of aliphatic carboxylic acids is 1. The number of carboxylic acid groups (broad SMARTS) is 1. The Bertz CT molecular complexity index is 485. The molecule has 0 amide bonds. The highest BCUT2D eigenvalue weighted by Crippen LogP contribution is 2.25. The van der Waals surface area contributed by atoms with Gasteiger partial charge in [-0.15, -0.1) is 0 Å². The number of aryl methyl sites for hydroxylation is 2. The third-order valence-electron chi connectivity index (χ3n) is 3.15. The summed E-state index contributed by atoms with van der Waals surface area (Å²) in [5.41, 5.74) is 0.312. The van der Waals surface area contributed by atoms with Crippen LogP contribution < -0.4 is 5.32 Å². The second-order valence-corrected chi connectivity index (χ2v) is 4.70. The van der Waals surface area contributed by atoms with Gasteiger partial charge in [-0.3, -0.25) is 5.32 Å². The molecule has 0 radical (unpaired) electrons. The molecule has 0 fully saturated rings. The first-order chi connectivity index (χ1) is 8.56. The number of hydrogen-bond donors (Lipinski definition) is 2. The van der Waals surface area contributed by atoms with E-state index in [1.54, 1.807) is 19.1 Å². The Morgan fingerprint density at radius 2 is 1.84 bits per heavy atom. The zero-order valence-corrected chi connectivity index (χ0v) is 10.9. The van der Waals surface area contributed by atoms with Crippen molar-refractivity contribution in [1.82, 2.24) is 5.32 Å². The number of nitrogens with one attached hydrogen (secondary N) is 1. The molecule has 1 aromatic carbocycles. The fourth-order valence-corrected chi connectivity index (χ4v) is 1.63. The molecular formula is C13H16F3NO2. The molecule has 1 unspecified atom stereocenters. The summed E-state index contributed by atoms with van der Waals surface area (Å²) in [6.45, 7) is 3.50. The zero-order chi connectivity index (χ0) is 14.8. The van der Waals surface area contributed by atoms with E-state index in [9.17, 15) is 23.1 Å². The highest BCUT2D eigenvalue weighted by molar-refractivity contribution is 5.80. The summed E-state index contributed by atoms with van der Waals surface area (Å²) in [6, 6.07) is 4.81. The van der Waals surface area contributed by atoms with Crippen LogP contribution in [0.15, 0.2) is 18.2 Å². The van der Waals surface area contributed by atoms with Crippen molar-refractivity contribution in [3.63, 3.8) is 0 Å². The van der Waals surface area contributed by atoms with E-state index in [0.29, 0.717) is 5.56 Å². The SMILES string of the molecule is Cc1ccc(C(C)(NCC(F)(F)F)C(=O)O)cc1C. The van der Waals surface area contributed by atoms with Crippen LogP contribution in [0, 0.1) is 13.8 Å². The molecule has 0 aromatic heterocycles. The highest BCUT2D eigenvalue weighted by Gasteiger charge is 2.39. The van der Waals surface area contributed by atoms with E-state index >= 15 is 0 Å². The van der Waals surface area contributed by atoms with Gasteiger partial charge in [0.1, 0.15) is 5.54 Å². The summed E-state index contributed by atoms with van der Waals surface area (Å²) < 4.78 is 36.8. The molecule has 0 bridgehead atoms. The third kappa shape index (κ3) is 3.70. The summed E-state index contributed by atoms with van der Waals surface area (Å²) in [6.07, 6.45) is -4.46. The topological polar surface area (TPSA) is 49.3 Å². The zero-order valence-electron chi connectivity index (χ0n) is 10.9. The quantitative estimate of drug-likeness (QED) is 0.888. The van der Waals surface area contributed by atoms with Crippen LogP contribution in [-0.2, 0) is 10.3 Å². The van der Waals surface area contributed by atoms with Gasteiger partial charge in [0.05, 0.1) is 6.54 Å². The third-order valence-corrected chi connectivity index (χ3v) is 3.15. The fraction of sp³-hybridized carbons (Fsp3) is 0.462. The van der Waals surface area contributed by atoms with Crippen molar-refractivity contribution in [2.45, 2.75) is 32.5 Å². The van der Waals surface area contributed by atoms with Gasteiger partial charge < -0.3 is 5.11 Å². The van der Waals surface area contributed by atoms with Gasteiger partial charge in [-0.25, -0.2) is 4.79 Å². The second kappa shape index (κ2) is 5.21. The molecule has 0 spiro atoms. The molecule has 19 heavy (non-hydrogen) atoms. The van der Waals surface area contributed by atoms with Gasteiger partial charge in [0.15, 0.2) is 0 Å². The molecule has 1 aromatic rings. The first-order valence-corrected chi connectivity index (χ1v) is 5.69. The Labute approximate surface area is 109 Å². The predicted octanol–water partition coefficient (Wildman–Crippen LogP) is 2.76. The van der Waals surface area contributed by atoms with E-state index < -0.39 is 24.2 Å². The van der Waals surface area contributed by atoms with Crippen molar-refractivity contribution >= 4 is 5.97 Å². The van der Waals surface area contributed by atoms with Gasteiger partial charge in [-0.2, -0.15) is 13.2 Å². The van der Waals surface area contributed by atoms with E-state index in [2.05, 4.69) is 5.32 Å². The number of carboxylic acids is 1. The predicted molar refractivity (Wildman–Crippen MR) is 65.0 cm³/mol. The molecule has 1 rings (SSSR count). The first kappa shape index (κ1) is 15.5. The van der Waals surface area contributed by atoms with Crippen molar-refractivity contribution < 1.29 is 23.1 Å². The van der Waals surface area contributed by atoms with Crippen molar-refractivity contribution in [2.24, 2.45) is 0 Å². The van der Waals surface area contributed by atoms with E-state index in [1.807, 2.05) is 6.92 Å². The van der Waals surface area contributed by atoms with Crippen LogP contribution in [-0.4, -0.2) is 23.8 Å². The first-order valence-electron chi connectivity index (χ1n) is 5.69. The van der Waals surface area contributed by atoms with Crippen LogP contribution in [0.1, 0.15) is 23.6 Å². The van der Waals surface area contributed by atoms with E-state index in [0.717, 1.165) is 11.1 Å². The number of hydrogen-bond acceptors (Lipinski definition) is 2. The summed E-state index contributed by atoms with van der Waals surface area (Å²) in [5, 5.41) is 11.3. The summed E-state index contributed by atoms with van der Waals surface area (Å²) in [5.74, 6) is -1.35. The Morgan fingerprint density at radius 3 is 2.26 bits per heavy atom. The molecule has 0 heterocycles. The minimum absolute atomic E-state index is 0.298. The molecule has 6 heteroatoms. The molecular weight excluding hydrogens is 259 g/mol. The second-order valence-electron chi connectivity index (χ2n) is 4.70. The molecule has 0 aliphatic carbocycles. The van der Waals surface area contributed by atoms with Crippen molar-refractivity contribution in [1.29, 1.82) is 0 Å². The molecule has 106 valence electrons. The van der Waals surface area contributed by atoms with Gasteiger partial charge in [-0.1, -0.05) is 18.2 Å². The van der Waals surface area contributed by atoms with Crippen LogP contribution in [0.4, 0.5) is 13.2 Å². The summed E-state index contributed by atoms with van der Waals surface area (Å²) in [7, 11) is 0. The van der Waals surface area contributed by atoms with Gasteiger partial charge in [-0.05, 0) is 37.5 Å². The lowest BCUT2D eigenvalue weighted by Gasteiger charge is -2.28. The molecule has 0 saturated heterocycles.